The molecule has 0 unspecified atom stereocenters. The van der Waals surface area contributed by atoms with Crippen LogP contribution in [0.5, 0.6) is 0 Å². The third-order valence-electron chi connectivity index (χ3n) is 5.67. The number of aromatic nitrogens is 2. The minimum atomic E-state index is -4.52. The Balaban J connectivity index is 1.44. The van der Waals surface area contributed by atoms with Gasteiger partial charge in [-0.1, -0.05) is 18.2 Å². The van der Waals surface area contributed by atoms with Crippen LogP contribution in [-0.2, 0) is 23.1 Å². The number of carbonyl (C=O) groups is 2. The average molecular weight is 531 g/mol. The zero-order valence-corrected chi connectivity index (χ0v) is 19.9. The average Bonchev–Trinajstić information content (AvgIpc) is 3.09. The number of carbonyl (C=O) groups excluding carboxylic acids is 1. The fraction of sp³-hybridized carbons (Fsp3) is 0.429. The van der Waals surface area contributed by atoms with Gasteiger partial charge >= 0.3 is 185 Å². The van der Waals surface area contributed by atoms with E-state index in [1.54, 1.807) is 30.3 Å². The molecule has 0 bridgehead atoms. The number of carboxylic acids is 1. The first-order valence-electron chi connectivity index (χ1n) is 10.9. The Morgan fingerprint density at radius 2 is 2.06 bits per heavy atom. The van der Waals surface area contributed by atoms with E-state index in [0.717, 1.165) is 6.20 Å². The molecule has 2 aromatic rings. The second-order valence-corrected chi connectivity index (χ2v) is 10.1. The number of aliphatic carboxylic acids is 1. The van der Waals surface area contributed by atoms with Crippen LogP contribution in [-0.4, -0.2) is 62.8 Å². The molecule has 0 aliphatic carbocycles. The Morgan fingerprint density at radius 1 is 1.33 bits per heavy atom. The molecule has 0 saturated carbocycles. The first kappa shape index (κ1) is 26.2. The van der Waals surface area contributed by atoms with Crippen LogP contribution in [0.1, 0.15) is 29.9 Å². The van der Waals surface area contributed by atoms with Gasteiger partial charge in [0.1, 0.15) is 0 Å². The third kappa shape index (κ3) is 5.43. The predicted octanol–water partition coefficient (Wildman–Crippen LogP) is 1.97. The van der Waals surface area contributed by atoms with Crippen molar-refractivity contribution in [2.75, 3.05) is 18.5 Å². The van der Waals surface area contributed by atoms with Crippen LogP contribution in [0.25, 0.3) is 0 Å². The number of hydrogen-bond acceptors (Lipinski definition) is 9. The molecule has 0 spiro atoms. The summed E-state index contributed by atoms with van der Waals surface area (Å²) in [5, 5.41) is 11.3. The molecule has 196 valence electrons. The minimum absolute atomic E-state index is 0.00476. The van der Waals surface area contributed by atoms with Gasteiger partial charge in [0, 0.05) is 0 Å². The number of fused-ring (bicyclic) bond motifs is 1. The molecule has 2 saturated heterocycles. The Hall–Kier alpha value is -2.87. The number of nitrogens with one attached hydrogen (secondary N) is 1. The Bertz CT molecular complexity index is 1180. The van der Waals surface area contributed by atoms with Crippen molar-refractivity contribution in [3.8, 4) is 0 Å². The van der Waals surface area contributed by atoms with Gasteiger partial charge < -0.3 is 0 Å². The van der Waals surface area contributed by atoms with Crippen molar-refractivity contribution in [3.05, 3.63) is 58.6 Å². The van der Waals surface area contributed by atoms with E-state index >= 15 is 8.78 Å². The second kappa shape index (κ2) is 10.2. The van der Waals surface area contributed by atoms with Gasteiger partial charge in [-0.15, -0.1) is 0 Å². The summed E-state index contributed by atoms with van der Waals surface area (Å²) in [6.07, 6.45) is -4.45. The molecule has 12 nitrogen and oxygen atoms in total. The molecule has 0 radical (unpaired) electrons. The second-order valence-electron chi connectivity index (χ2n) is 8.27. The number of ether oxygens (including phenoxy) is 1. The number of benzene rings is 1. The van der Waals surface area contributed by atoms with Crippen molar-refractivity contribution in [2.45, 2.75) is 37.7 Å². The van der Waals surface area contributed by atoms with Gasteiger partial charge in [-0.3, -0.25) is 0 Å². The molecule has 4 rings (SSSR count). The molecule has 3 N–H and O–H groups in total. The molecule has 1 aromatic carbocycles. The van der Waals surface area contributed by atoms with Gasteiger partial charge in [0.25, 0.3) is 0 Å². The summed E-state index contributed by atoms with van der Waals surface area (Å²) in [6, 6.07) is 9.29. The van der Waals surface area contributed by atoms with Gasteiger partial charge in [-0.25, -0.2) is 0 Å². The van der Waals surface area contributed by atoms with E-state index in [1.165, 1.54) is 13.0 Å². The first-order chi connectivity index (χ1) is 17.0. The third-order valence-corrected chi connectivity index (χ3v) is 7.33. The van der Waals surface area contributed by atoms with Gasteiger partial charge in [-0.2, -0.15) is 0 Å². The van der Waals surface area contributed by atoms with Crippen molar-refractivity contribution >= 4 is 25.9 Å². The Labute approximate surface area is 203 Å². The standard InChI is InChI=1S/C21H24F2N3O9P/c1-12(18(28)29)8-10-32-36(31)33-11-14-16(35-36)21(22,23)19(34-14)26-9-7-15(25-20(26)30)24-17(27)13-5-3-2-4-6-13/h2-7,9,12,14,16,19,31,36H,8,10-11H2,1H3,(H,28,29)(H,24,25,27,30)/t12-,14-,16-,19-/m1/s1. The van der Waals surface area contributed by atoms with Crippen molar-refractivity contribution in [3.63, 3.8) is 0 Å². The Kier molecular flexibility index (Phi) is 7.46. The fourth-order valence-electron chi connectivity index (χ4n) is 3.63. The molecule has 1 amide bonds. The normalized spacial score (nSPS) is 25.9. The fourth-order valence-corrected chi connectivity index (χ4v) is 5.23. The molecule has 1 aromatic heterocycles. The van der Waals surface area contributed by atoms with E-state index in [-0.39, 0.29) is 18.8 Å². The van der Waals surface area contributed by atoms with Crippen molar-refractivity contribution in [2.24, 2.45) is 5.92 Å². The van der Waals surface area contributed by atoms with E-state index in [9.17, 15) is 19.3 Å². The maximum absolute atomic E-state index is 15.3. The molecule has 3 heterocycles. The number of hydrogen-bond donors (Lipinski definition) is 3. The van der Waals surface area contributed by atoms with Gasteiger partial charge in [0.05, 0.1) is 0 Å². The summed E-state index contributed by atoms with van der Waals surface area (Å²) in [5.74, 6) is -6.36. The summed E-state index contributed by atoms with van der Waals surface area (Å²) >= 11 is 0. The molecule has 2 aliphatic rings. The number of halogens is 2. The Morgan fingerprint density at radius 3 is 2.72 bits per heavy atom. The van der Waals surface area contributed by atoms with E-state index < -0.39 is 62.6 Å². The summed E-state index contributed by atoms with van der Waals surface area (Å²) in [5.41, 5.74) is -0.803. The molecular formula is C21H24F2N3O9P. The van der Waals surface area contributed by atoms with E-state index in [0.29, 0.717) is 10.1 Å². The van der Waals surface area contributed by atoms with Gasteiger partial charge in [0.2, 0.25) is 0 Å². The maximum atomic E-state index is 15.3. The summed E-state index contributed by atoms with van der Waals surface area (Å²) in [4.78, 5) is 49.8. The summed E-state index contributed by atoms with van der Waals surface area (Å²) in [7, 11) is -4.52. The van der Waals surface area contributed by atoms with Crippen molar-refractivity contribution < 1.29 is 46.7 Å². The molecule has 15 heteroatoms. The molecule has 4 atom stereocenters. The van der Waals surface area contributed by atoms with Crippen LogP contribution in [0.2, 0.25) is 0 Å². The quantitative estimate of drug-likeness (QED) is 0.430. The van der Waals surface area contributed by atoms with Crippen LogP contribution < -0.4 is 11.0 Å². The summed E-state index contributed by atoms with van der Waals surface area (Å²) in [6.45, 7) is 0.633. The zero-order chi connectivity index (χ0) is 26.1. The number of amides is 1. The number of rotatable bonds is 8. The number of alkyl halides is 2. The monoisotopic (exact) mass is 531 g/mol. The summed E-state index contributed by atoms with van der Waals surface area (Å²) < 4.78 is 51.7. The van der Waals surface area contributed by atoms with Crippen LogP contribution in [0, 0.1) is 5.92 Å². The van der Waals surface area contributed by atoms with Crippen molar-refractivity contribution in [1.82, 2.24) is 9.55 Å². The first-order valence-corrected chi connectivity index (χ1v) is 12.6. The SMILES string of the molecule is C[C@H](CCO[PH]1(O)OC[C@H]2O[C@@H](n3ccc(NC(=O)c4ccccc4)nc3=O)C(F)(F)[C@@H]2O1)C(=O)O. The number of carboxylic acid groups (broad SMARTS) is 1. The van der Waals surface area contributed by atoms with Crippen LogP contribution in [0.3, 0.4) is 0 Å². The molecular weight excluding hydrogens is 507 g/mol. The zero-order valence-electron chi connectivity index (χ0n) is 18.9. The molecule has 36 heavy (non-hydrogen) atoms. The van der Waals surface area contributed by atoms with E-state index in [2.05, 4.69) is 10.3 Å². The van der Waals surface area contributed by atoms with Crippen LogP contribution in [0.4, 0.5) is 14.6 Å². The van der Waals surface area contributed by atoms with Crippen molar-refractivity contribution in [1.29, 1.82) is 0 Å². The topological polar surface area (TPSA) is 158 Å². The number of nitrogens with zero attached hydrogens (tertiary/aromatic N) is 2. The van der Waals surface area contributed by atoms with Gasteiger partial charge in [-0.05, 0) is 0 Å². The van der Waals surface area contributed by atoms with Gasteiger partial charge in [0.15, 0.2) is 0 Å². The van der Waals surface area contributed by atoms with E-state index in [1.807, 2.05) is 0 Å². The predicted molar refractivity (Wildman–Crippen MR) is 120 cm³/mol. The van der Waals surface area contributed by atoms with Crippen LogP contribution in [0.15, 0.2) is 47.4 Å². The molecule has 2 aliphatic heterocycles. The van der Waals surface area contributed by atoms with Crippen LogP contribution >= 0.6 is 8.17 Å². The van der Waals surface area contributed by atoms with E-state index in [4.69, 9.17) is 23.4 Å². The molecule has 2 fully saturated rings. The number of anilines is 1.